The van der Waals surface area contributed by atoms with Gasteiger partial charge in [0, 0.05) is 34.4 Å². The van der Waals surface area contributed by atoms with E-state index in [0.717, 1.165) is 12.8 Å². The van der Waals surface area contributed by atoms with E-state index in [0.29, 0.717) is 0 Å². The van der Waals surface area contributed by atoms with Gasteiger partial charge in [0.15, 0.2) is 0 Å². The van der Waals surface area contributed by atoms with Crippen LogP contribution in [0.15, 0.2) is 46.2 Å². The van der Waals surface area contributed by atoms with E-state index in [-0.39, 0.29) is 0 Å². The number of thiophene rings is 2. The maximum atomic E-state index is 6.23. The molecule has 2 aromatic heterocycles. The van der Waals surface area contributed by atoms with E-state index >= 15 is 0 Å². The van der Waals surface area contributed by atoms with Crippen LogP contribution in [0.1, 0.15) is 35.4 Å². The van der Waals surface area contributed by atoms with Crippen molar-refractivity contribution >= 4 is 41.6 Å². The predicted octanol–water partition coefficient (Wildman–Crippen LogP) is 5.42. The van der Waals surface area contributed by atoms with Gasteiger partial charge < -0.3 is 8.85 Å². The Morgan fingerprint density at radius 2 is 1.30 bits per heavy atom. The van der Waals surface area contributed by atoms with E-state index in [1.165, 1.54) is 44.1 Å². The zero-order chi connectivity index (χ0) is 15.9. The third-order valence-electron chi connectivity index (χ3n) is 4.84. The van der Waals surface area contributed by atoms with Crippen LogP contribution in [0, 0.1) is 0 Å². The number of fused-ring (bicyclic) bond motifs is 1. The molecule has 0 unspecified atom stereocenters. The van der Waals surface area contributed by atoms with Gasteiger partial charge in [0.2, 0.25) is 0 Å². The van der Waals surface area contributed by atoms with E-state index in [2.05, 4.69) is 35.0 Å². The molecule has 0 amide bonds. The Morgan fingerprint density at radius 1 is 0.826 bits per heavy atom. The van der Waals surface area contributed by atoms with Gasteiger partial charge in [0.1, 0.15) is 0 Å². The molecule has 4 rings (SSSR count). The van der Waals surface area contributed by atoms with Crippen LogP contribution < -0.4 is 0 Å². The largest absolute Gasteiger partial charge is 0.410 e. The monoisotopic (exact) mass is 360 g/mol. The number of hydrogen-bond acceptors (Lipinski definition) is 4. The molecule has 0 radical (unpaired) electrons. The summed E-state index contributed by atoms with van der Waals surface area (Å²) in [6.45, 7) is 0. The van der Waals surface area contributed by atoms with Crippen molar-refractivity contribution in [2.24, 2.45) is 0 Å². The quantitative estimate of drug-likeness (QED) is 0.678. The fraction of sp³-hybridized carbons (Fsp3) is 0.333. The number of allylic oxidation sites excluding steroid dienone is 2. The number of hydrogen-bond donors (Lipinski definition) is 0. The van der Waals surface area contributed by atoms with E-state index < -0.39 is 8.56 Å². The van der Waals surface area contributed by atoms with Crippen LogP contribution in [0.25, 0.3) is 10.4 Å². The topological polar surface area (TPSA) is 18.5 Å². The van der Waals surface area contributed by atoms with Crippen molar-refractivity contribution in [1.82, 2.24) is 0 Å². The molecular formula is C18H20O2S2Si. The lowest BCUT2D eigenvalue weighted by Gasteiger charge is -2.28. The second-order valence-corrected chi connectivity index (χ2v) is 10.8. The minimum absolute atomic E-state index is 1.15. The molecule has 2 aromatic rings. The van der Waals surface area contributed by atoms with Crippen molar-refractivity contribution in [2.45, 2.75) is 25.7 Å². The highest BCUT2D eigenvalue weighted by Crippen LogP contribution is 2.54. The Bertz CT molecular complexity index is 691. The molecule has 3 heterocycles. The van der Waals surface area contributed by atoms with Gasteiger partial charge in [-0.25, -0.2) is 0 Å². The summed E-state index contributed by atoms with van der Waals surface area (Å²) in [5.41, 5.74) is 3.02. The Labute approximate surface area is 146 Å². The number of rotatable bonds is 4. The minimum Gasteiger partial charge on any atom is -0.391 e. The van der Waals surface area contributed by atoms with E-state index in [1.807, 2.05) is 14.2 Å². The lowest BCUT2D eigenvalue weighted by Crippen LogP contribution is -2.42. The molecule has 2 nitrogen and oxygen atoms in total. The molecule has 2 aliphatic rings. The van der Waals surface area contributed by atoms with Crippen molar-refractivity contribution in [2.75, 3.05) is 14.2 Å². The molecule has 1 fully saturated rings. The fourth-order valence-corrected chi connectivity index (χ4v) is 9.89. The maximum Gasteiger partial charge on any atom is 0.410 e. The first-order chi connectivity index (χ1) is 11.3. The van der Waals surface area contributed by atoms with E-state index in [4.69, 9.17) is 8.85 Å². The molecule has 120 valence electrons. The lowest BCUT2D eigenvalue weighted by molar-refractivity contribution is 0.275. The molecule has 1 saturated carbocycles. The lowest BCUT2D eigenvalue weighted by atomic mass is 9.88. The van der Waals surface area contributed by atoms with E-state index in [1.54, 1.807) is 22.7 Å². The van der Waals surface area contributed by atoms with Crippen LogP contribution in [-0.4, -0.2) is 22.8 Å². The van der Waals surface area contributed by atoms with Gasteiger partial charge in [-0.1, -0.05) is 12.1 Å². The van der Waals surface area contributed by atoms with Crippen LogP contribution in [0.3, 0.4) is 0 Å². The van der Waals surface area contributed by atoms with Crippen LogP contribution >= 0.6 is 22.7 Å². The normalized spacial score (nSPS) is 20.3. The van der Waals surface area contributed by atoms with Gasteiger partial charge in [0.05, 0.1) is 0 Å². The van der Waals surface area contributed by atoms with Gasteiger partial charge in [-0.2, -0.15) is 0 Å². The molecule has 23 heavy (non-hydrogen) atoms. The van der Waals surface area contributed by atoms with E-state index in [9.17, 15) is 0 Å². The summed E-state index contributed by atoms with van der Waals surface area (Å²) in [4.78, 5) is 2.64. The van der Waals surface area contributed by atoms with Gasteiger partial charge in [-0.15, -0.1) is 22.7 Å². The first-order valence-electron chi connectivity index (χ1n) is 7.97. The van der Waals surface area contributed by atoms with Crippen LogP contribution in [0.5, 0.6) is 0 Å². The standard InChI is InChI=1S/C18H20O2S2Si/c1-19-23(20-2)17(15-9-5-11-21-15)13-7-3-4-8-14(13)18(23)16-10-6-12-22-16/h5-6,9-12H,3-4,7-8H2,1-2H3. The predicted molar refractivity (Wildman–Crippen MR) is 101 cm³/mol. The highest BCUT2D eigenvalue weighted by molar-refractivity contribution is 7.18. The highest BCUT2D eigenvalue weighted by atomic mass is 32.1. The SMILES string of the molecule is CO[Si]1(OC)C(c2cccs2)=C2CCCCC2=C1c1cccs1. The van der Waals surface area contributed by atoms with Crippen molar-refractivity contribution < 1.29 is 8.85 Å². The zero-order valence-corrected chi connectivity index (χ0v) is 16.1. The smallest absolute Gasteiger partial charge is 0.391 e. The summed E-state index contributed by atoms with van der Waals surface area (Å²) in [6.07, 6.45) is 4.84. The molecule has 0 atom stereocenters. The molecule has 5 heteroatoms. The average Bonchev–Trinajstić information content (AvgIpc) is 3.32. The summed E-state index contributed by atoms with van der Waals surface area (Å²) in [5, 5.41) is 7.05. The maximum absolute atomic E-state index is 6.23. The summed E-state index contributed by atoms with van der Waals surface area (Å²) in [6, 6.07) is 8.69. The van der Waals surface area contributed by atoms with Gasteiger partial charge >= 0.3 is 8.56 Å². The average molecular weight is 361 g/mol. The summed E-state index contributed by atoms with van der Waals surface area (Å²) in [7, 11) is 1.06. The summed E-state index contributed by atoms with van der Waals surface area (Å²) < 4.78 is 12.5. The van der Waals surface area contributed by atoms with Gasteiger partial charge in [0.25, 0.3) is 0 Å². The molecule has 1 aliphatic heterocycles. The highest BCUT2D eigenvalue weighted by Gasteiger charge is 2.54. The van der Waals surface area contributed by atoms with Gasteiger partial charge in [-0.3, -0.25) is 0 Å². The Morgan fingerprint density at radius 3 is 1.65 bits per heavy atom. The van der Waals surface area contributed by atoms with Crippen molar-refractivity contribution in [3.05, 3.63) is 55.9 Å². The molecular weight excluding hydrogens is 340 g/mol. The third kappa shape index (κ3) is 2.26. The Balaban J connectivity index is 2.00. The third-order valence-corrected chi connectivity index (χ3v) is 10.6. The molecule has 0 aromatic carbocycles. The molecule has 0 N–H and O–H groups in total. The molecule has 0 bridgehead atoms. The van der Waals surface area contributed by atoms with Crippen LogP contribution in [0.4, 0.5) is 0 Å². The second-order valence-electron chi connectivity index (χ2n) is 5.89. The van der Waals surface area contributed by atoms with Crippen molar-refractivity contribution in [1.29, 1.82) is 0 Å². The first kappa shape index (κ1) is 15.5. The fourth-order valence-electron chi connectivity index (χ4n) is 3.93. The molecule has 1 aliphatic carbocycles. The first-order valence-corrected chi connectivity index (χ1v) is 11.5. The van der Waals surface area contributed by atoms with Crippen molar-refractivity contribution in [3.8, 4) is 0 Å². The Kier molecular flexibility index (Phi) is 4.15. The zero-order valence-electron chi connectivity index (χ0n) is 13.4. The van der Waals surface area contributed by atoms with Crippen molar-refractivity contribution in [3.63, 3.8) is 0 Å². The minimum atomic E-state index is -2.60. The van der Waals surface area contributed by atoms with Crippen LogP contribution in [-0.2, 0) is 8.85 Å². The summed E-state index contributed by atoms with van der Waals surface area (Å²) >= 11 is 3.60. The Hall–Kier alpha value is -0.983. The molecule has 0 spiro atoms. The molecule has 0 saturated heterocycles. The van der Waals surface area contributed by atoms with Crippen LogP contribution in [0.2, 0.25) is 0 Å². The van der Waals surface area contributed by atoms with Gasteiger partial charge in [-0.05, 0) is 59.7 Å². The summed E-state index contributed by atoms with van der Waals surface area (Å²) in [5.74, 6) is 0. The second kappa shape index (κ2) is 6.15.